The molecule has 0 atom stereocenters. The van der Waals surface area contributed by atoms with Crippen molar-refractivity contribution >= 4 is 17.4 Å². The lowest BCUT2D eigenvalue weighted by atomic mass is 10.1. The molecule has 0 fully saturated rings. The zero-order valence-corrected chi connectivity index (χ0v) is 13.9. The van der Waals surface area contributed by atoms with Crippen molar-refractivity contribution in [3.8, 4) is 17.0 Å². The van der Waals surface area contributed by atoms with Crippen molar-refractivity contribution in [2.45, 2.75) is 16.7 Å². The molecule has 0 spiro atoms. The Morgan fingerprint density at radius 2 is 1.62 bits per heavy atom. The number of aromatic nitrogens is 3. The third kappa shape index (κ3) is 2.63. The first-order valence-electron chi connectivity index (χ1n) is 7.58. The molecule has 0 bridgehead atoms. The largest absolute Gasteiger partial charge is 0.493 e. The number of hydrogen-bond acceptors (Lipinski definition) is 4. The van der Waals surface area contributed by atoms with Gasteiger partial charge in [-0.05, 0) is 36.8 Å². The van der Waals surface area contributed by atoms with Crippen molar-refractivity contribution < 1.29 is 5.11 Å². The van der Waals surface area contributed by atoms with Crippen molar-refractivity contribution in [2.75, 3.05) is 0 Å². The maximum atomic E-state index is 10.1. The molecule has 0 aliphatic rings. The highest BCUT2D eigenvalue weighted by atomic mass is 32.2. The van der Waals surface area contributed by atoms with Gasteiger partial charge in [0, 0.05) is 27.1 Å². The number of hydrogen-bond donors (Lipinski definition) is 1. The first-order valence-corrected chi connectivity index (χ1v) is 8.39. The van der Waals surface area contributed by atoms with Crippen LogP contribution < -0.4 is 0 Å². The van der Waals surface area contributed by atoms with Gasteiger partial charge in [0.15, 0.2) is 5.65 Å². The fourth-order valence-corrected chi connectivity index (χ4v) is 3.37. The third-order valence-corrected chi connectivity index (χ3v) is 4.84. The van der Waals surface area contributed by atoms with E-state index in [2.05, 4.69) is 46.5 Å². The molecule has 0 aliphatic heterocycles. The Labute approximate surface area is 143 Å². The molecule has 2 aromatic carbocycles. The minimum atomic E-state index is 0.127. The standard InChI is InChI=1S/C19H15N3OS/c1-13-11-20-18-17(12-21-22(18)19(13)23)14-7-9-16(10-8-14)24-15-5-3-2-4-6-15/h2-12,23H,1H3. The topological polar surface area (TPSA) is 50.4 Å². The van der Waals surface area contributed by atoms with Gasteiger partial charge in [-0.1, -0.05) is 42.1 Å². The summed E-state index contributed by atoms with van der Waals surface area (Å²) in [6, 6.07) is 18.6. The number of aryl methyl sites for hydroxylation is 1. The molecule has 0 aliphatic carbocycles. The summed E-state index contributed by atoms with van der Waals surface area (Å²) >= 11 is 1.73. The van der Waals surface area contributed by atoms with Gasteiger partial charge in [0.05, 0.1) is 6.20 Å². The van der Waals surface area contributed by atoms with Crippen molar-refractivity contribution in [3.05, 3.63) is 72.6 Å². The highest BCUT2D eigenvalue weighted by molar-refractivity contribution is 7.99. The second-order valence-corrected chi connectivity index (χ2v) is 6.64. The van der Waals surface area contributed by atoms with Crippen molar-refractivity contribution in [3.63, 3.8) is 0 Å². The van der Waals surface area contributed by atoms with E-state index in [0.717, 1.165) is 11.1 Å². The minimum Gasteiger partial charge on any atom is -0.493 e. The average Bonchev–Trinajstić information content (AvgIpc) is 3.04. The predicted molar refractivity (Wildman–Crippen MR) is 95.4 cm³/mol. The first kappa shape index (κ1) is 14.8. The highest BCUT2D eigenvalue weighted by Crippen LogP contribution is 2.31. The SMILES string of the molecule is Cc1cnc2c(-c3ccc(Sc4ccccc4)cc3)cnn2c1O. The molecule has 4 nitrogen and oxygen atoms in total. The summed E-state index contributed by atoms with van der Waals surface area (Å²) in [5, 5.41) is 14.3. The molecule has 5 heteroatoms. The van der Waals surface area contributed by atoms with E-state index in [-0.39, 0.29) is 5.88 Å². The van der Waals surface area contributed by atoms with Crippen LogP contribution in [0.5, 0.6) is 5.88 Å². The van der Waals surface area contributed by atoms with Crippen LogP contribution in [0.2, 0.25) is 0 Å². The predicted octanol–water partition coefficient (Wildman–Crippen LogP) is 4.56. The van der Waals surface area contributed by atoms with Gasteiger partial charge in [0.2, 0.25) is 5.88 Å². The summed E-state index contributed by atoms with van der Waals surface area (Å²) in [6.45, 7) is 1.80. The maximum Gasteiger partial charge on any atom is 0.218 e. The van der Waals surface area contributed by atoms with Crippen LogP contribution in [-0.2, 0) is 0 Å². The zero-order chi connectivity index (χ0) is 16.5. The van der Waals surface area contributed by atoms with Crippen LogP contribution in [0.4, 0.5) is 0 Å². The average molecular weight is 333 g/mol. The van der Waals surface area contributed by atoms with Crippen LogP contribution >= 0.6 is 11.8 Å². The molecule has 2 heterocycles. The van der Waals surface area contributed by atoms with Crippen LogP contribution in [0.3, 0.4) is 0 Å². The molecule has 0 unspecified atom stereocenters. The summed E-state index contributed by atoms with van der Waals surface area (Å²) in [5.74, 6) is 0.127. The fourth-order valence-electron chi connectivity index (χ4n) is 2.53. The van der Waals surface area contributed by atoms with E-state index in [0.29, 0.717) is 11.2 Å². The van der Waals surface area contributed by atoms with E-state index in [9.17, 15) is 5.11 Å². The molecule has 0 amide bonds. The van der Waals surface area contributed by atoms with E-state index in [1.807, 2.05) is 18.2 Å². The molecule has 24 heavy (non-hydrogen) atoms. The number of aromatic hydroxyl groups is 1. The number of benzene rings is 2. The summed E-state index contributed by atoms with van der Waals surface area (Å²) in [5.41, 5.74) is 3.29. The Morgan fingerprint density at radius 1 is 0.917 bits per heavy atom. The first-order chi connectivity index (χ1) is 11.7. The van der Waals surface area contributed by atoms with Crippen molar-refractivity contribution in [2.24, 2.45) is 0 Å². The Balaban J connectivity index is 1.67. The Bertz CT molecular complexity index is 994. The van der Waals surface area contributed by atoms with Gasteiger partial charge in [0.1, 0.15) is 0 Å². The Kier molecular flexibility index (Phi) is 3.70. The van der Waals surface area contributed by atoms with Crippen LogP contribution in [0.1, 0.15) is 5.56 Å². The van der Waals surface area contributed by atoms with Crippen LogP contribution in [0.25, 0.3) is 16.8 Å². The lowest BCUT2D eigenvalue weighted by Gasteiger charge is -2.04. The van der Waals surface area contributed by atoms with Gasteiger partial charge < -0.3 is 5.11 Å². The van der Waals surface area contributed by atoms with E-state index in [1.54, 1.807) is 31.1 Å². The number of rotatable bonds is 3. The Hall–Kier alpha value is -2.79. The number of nitrogens with zero attached hydrogens (tertiary/aromatic N) is 3. The second-order valence-electron chi connectivity index (χ2n) is 5.50. The van der Waals surface area contributed by atoms with E-state index >= 15 is 0 Å². The van der Waals surface area contributed by atoms with Crippen LogP contribution in [0, 0.1) is 6.92 Å². The quantitative estimate of drug-likeness (QED) is 0.597. The van der Waals surface area contributed by atoms with Crippen LogP contribution in [0.15, 0.2) is 76.8 Å². The molecule has 2 aromatic heterocycles. The van der Waals surface area contributed by atoms with Crippen molar-refractivity contribution in [1.29, 1.82) is 0 Å². The smallest absolute Gasteiger partial charge is 0.218 e. The van der Waals surface area contributed by atoms with E-state index < -0.39 is 0 Å². The molecule has 0 radical (unpaired) electrons. The monoisotopic (exact) mass is 333 g/mol. The van der Waals surface area contributed by atoms with Gasteiger partial charge in [0.25, 0.3) is 0 Å². The zero-order valence-electron chi connectivity index (χ0n) is 13.0. The molecule has 4 aromatic rings. The van der Waals surface area contributed by atoms with Crippen LogP contribution in [-0.4, -0.2) is 19.7 Å². The molecular formula is C19H15N3OS. The van der Waals surface area contributed by atoms with Gasteiger partial charge >= 0.3 is 0 Å². The molecule has 118 valence electrons. The van der Waals surface area contributed by atoms with E-state index in [1.165, 1.54) is 14.3 Å². The summed E-state index contributed by atoms with van der Waals surface area (Å²) in [4.78, 5) is 6.79. The summed E-state index contributed by atoms with van der Waals surface area (Å²) in [6.07, 6.45) is 3.40. The normalized spacial score (nSPS) is 11.0. The minimum absolute atomic E-state index is 0.127. The molecular weight excluding hydrogens is 318 g/mol. The molecule has 0 saturated carbocycles. The number of fused-ring (bicyclic) bond motifs is 1. The molecule has 1 N–H and O–H groups in total. The van der Waals surface area contributed by atoms with Gasteiger partial charge in [-0.15, -0.1) is 0 Å². The molecule has 4 rings (SSSR count). The van der Waals surface area contributed by atoms with Gasteiger partial charge in [-0.2, -0.15) is 9.61 Å². The van der Waals surface area contributed by atoms with E-state index in [4.69, 9.17) is 0 Å². The molecule has 0 saturated heterocycles. The van der Waals surface area contributed by atoms with Crippen molar-refractivity contribution in [1.82, 2.24) is 14.6 Å². The fraction of sp³-hybridized carbons (Fsp3) is 0.0526. The Morgan fingerprint density at radius 3 is 2.38 bits per heavy atom. The van der Waals surface area contributed by atoms with Gasteiger partial charge in [-0.3, -0.25) is 0 Å². The summed E-state index contributed by atoms with van der Waals surface area (Å²) in [7, 11) is 0. The third-order valence-electron chi connectivity index (χ3n) is 3.82. The van der Waals surface area contributed by atoms with Gasteiger partial charge in [-0.25, -0.2) is 4.98 Å². The lowest BCUT2D eigenvalue weighted by molar-refractivity contribution is 0.431. The summed E-state index contributed by atoms with van der Waals surface area (Å²) < 4.78 is 1.47. The lowest BCUT2D eigenvalue weighted by Crippen LogP contribution is -1.93. The second kappa shape index (κ2) is 6.02. The highest BCUT2D eigenvalue weighted by Gasteiger charge is 2.12. The maximum absolute atomic E-state index is 10.1.